The zero-order valence-corrected chi connectivity index (χ0v) is 12.5. The molecule has 0 radical (unpaired) electrons. The van der Waals surface area contributed by atoms with Crippen LogP contribution in [0.3, 0.4) is 0 Å². The van der Waals surface area contributed by atoms with Gasteiger partial charge in [0.25, 0.3) is 0 Å². The lowest BCUT2D eigenvalue weighted by Gasteiger charge is -2.10. The van der Waals surface area contributed by atoms with Gasteiger partial charge in [-0.15, -0.1) is 0 Å². The van der Waals surface area contributed by atoms with Crippen molar-refractivity contribution in [1.29, 1.82) is 0 Å². The van der Waals surface area contributed by atoms with Crippen molar-refractivity contribution in [3.05, 3.63) is 29.8 Å². The minimum absolute atomic E-state index is 0.161. The number of carbonyl (C=O) groups is 1. The van der Waals surface area contributed by atoms with E-state index in [1.807, 2.05) is 12.1 Å². The van der Waals surface area contributed by atoms with Crippen molar-refractivity contribution in [3.8, 4) is 0 Å². The summed E-state index contributed by atoms with van der Waals surface area (Å²) in [7, 11) is 0. The number of rotatable bonds is 7. The summed E-state index contributed by atoms with van der Waals surface area (Å²) < 4.78 is 0. The smallest absolute Gasteiger partial charge is 0.224 e. The van der Waals surface area contributed by atoms with E-state index in [9.17, 15) is 4.79 Å². The number of carbonyl (C=O) groups excluding carboxylic acids is 1. The van der Waals surface area contributed by atoms with Gasteiger partial charge in [-0.25, -0.2) is 0 Å². The molecule has 2 rings (SSSR count). The van der Waals surface area contributed by atoms with Crippen molar-refractivity contribution in [3.63, 3.8) is 0 Å². The molecule has 0 heterocycles. The Kier molecular flexibility index (Phi) is 6.06. The van der Waals surface area contributed by atoms with Crippen LogP contribution in [0.25, 0.3) is 0 Å². The molecule has 110 valence electrons. The van der Waals surface area contributed by atoms with E-state index < -0.39 is 0 Å². The molecule has 0 saturated heterocycles. The Morgan fingerprint density at radius 1 is 1.20 bits per heavy atom. The fraction of sp³-hybridized carbons (Fsp3) is 0.588. The zero-order chi connectivity index (χ0) is 14.2. The fourth-order valence-corrected chi connectivity index (χ4v) is 2.80. The van der Waals surface area contributed by atoms with Crippen LogP contribution in [0.4, 0.5) is 5.69 Å². The quantitative estimate of drug-likeness (QED) is 0.744. The SMILES string of the molecule is CCCNCc1ccc(NC(=O)CC2CCCC2)cc1. The highest BCUT2D eigenvalue weighted by Crippen LogP contribution is 2.27. The molecular formula is C17H26N2O. The van der Waals surface area contributed by atoms with E-state index in [1.165, 1.54) is 31.2 Å². The minimum atomic E-state index is 0.161. The van der Waals surface area contributed by atoms with Gasteiger partial charge in [-0.2, -0.15) is 0 Å². The molecule has 1 aromatic rings. The molecule has 1 fully saturated rings. The molecule has 0 aliphatic heterocycles. The standard InChI is InChI=1S/C17H26N2O/c1-2-11-18-13-15-7-9-16(10-8-15)19-17(20)12-14-5-3-4-6-14/h7-10,14,18H,2-6,11-13H2,1H3,(H,19,20). The summed E-state index contributed by atoms with van der Waals surface area (Å²) >= 11 is 0. The largest absolute Gasteiger partial charge is 0.326 e. The van der Waals surface area contributed by atoms with E-state index in [0.717, 1.165) is 25.2 Å². The molecular weight excluding hydrogens is 248 g/mol. The number of hydrogen-bond donors (Lipinski definition) is 2. The van der Waals surface area contributed by atoms with Crippen LogP contribution in [-0.2, 0) is 11.3 Å². The Morgan fingerprint density at radius 3 is 2.55 bits per heavy atom. The molecule has 3 nitrogen and oxygen atoms in total. The summed E-state index contributed by atoms with van der Waals surface area (Å²) in [6.07, 6.45) is 6.84. The maximum absolute atomic E-state index is 11.9. The van der Waals surface area contributed by atoms with E-state index in [0.29, 0.717) is 12.3 Å². The number of amides is 1. The van der Waals surface area contributed by atoms with Crippen LogP contribution in [0.15, 0.2) is 24.3 Å². The number of hydrogen-bond acceptors (Lipinski definition) is 2. The van der Waals surface area contributed by atoms with Crippen LogP contribution in [-0.4, -0.2) is 12.5 Å². The lowest BCUT2D eigenvalue weighted by molar-refractivity contribution is -0.117. The number of nitrogens with one attached hydrogen (secondary N) is 2. The predicted octanol–water partition coefficient (Wildman–Crippen LogP) is 3.71. The summed E-state index contributed by atoms with van der Waals surface area (Å²) in [4.78, 5) is 11.9. The second kappa shape index (κ2) is 8.05. The molecule has 0 aromatic heterocycles. The minimum Gasteiger partial charge on any atom is -0.326 e. The van der Waals surface area contributed by atoms with E-state index in [-0.39, 0.29) is 5.91 Å². The topological polar surface area (TPSA) is 41.1 Å². The van der Waals surface area contributed by atoms with Crippen molar-refractivity contribution in [2.75, 3.05) is 11.9 Å². The number of benzene rings is 1. The highest BCUT2D eigenvalue weighted by Gasteiger charge is 2.18. The second-order valence-corrected chi connectivity index (χ2v) is 5.78. The first-order chi connectivity index (χ1) is 9.78. The Morgan fingerprint density at radius 2 is 1.90 bits per heavy atom. The normalized spacial score (nSPS) is 15.4. The van der Waals surface area contributed by atoms with Crippen molar-refractivity contribution in [1.82, 2.24) is 5.32 Å². The van der Waals surface area contributed by atoms with Gasteiger partial charge in [-0.05, 0) is 49.4 Å². The molecule has 0 bridgehead atoms. The summed E-state index contributed by atoms with van der Waals surface area (Å²) in [5.74, 6) is 0.765. The molecule has 2 N–H and O–H groups in total. The van der Waals surface area contributed by atoms with Gasteiger partial charge < -0.3 is 10.6 Å². The van der Waals surface area contributed by atoms with Crippen molar-refractivity contribution < 1.29 is 4.79 Å². The maximum atomic E-state index is 11.9. The van der Waals surface area contributed by atoms with Crippen LogP contribution in [0, 0.1) is 5.92 Å². The Labute approximate surface area is 122 Å². The molecule has 0 atom stereocenters. The number of anilines is 1. The van der Waals surface area contributed by atoms with E-state index in [1.54, 1.807) is 0 Å². The third-order valence-electron chi connectivity index (χ3n) is 3.94. The Hall–Kier alpha value is -1.35. The summed E-state index contributed by atoms with van der Waals surface area (Å²) in [5.41, 5.74) is 2.17. The lowest BCUT2D eigenvalue weighted by atomic mass is 10.0. The van der Waals surface area contributed by atoms with Gasteiger partial charge in [0.15, 0.2) is 0 Å². The molecule has 3 heteroatoms. The first-order valence-electron chi connectivity index (χ1n) is 7.87. The van der Waals surface area contributed by atoms with Gasteiger partial charge in [0.05, 0.1) is 0 Å². The monoisotopic (exact) mass is 274 g/mol. The molecule has 1 saturated carbocycles. The Bertz CT molecular complexity index is 408. The summed E-state index contributed by atoms with van der Waals surface area (Å²) in [6, 6.07) is 8.15. The molecule has 1 aliphatic rings. The molecule has 0 spiro atoms. The molecule has 1 aliphatic carbocycles. The van der Waals surface area contributed by atoms with Gasteiger partial charge in [-0.1, -0.05) is 31.9 Å². The van der Waals surface area contributed by atoms with Gasteiger partial charge in [0, 0.05) is 18.7 Å². The third kappa shape index (κ3) is 4.97. The van der Waals surface area contributed by atoms with Crippen LogP contribution in [0.1, 0.15) is 51.0 Å². The lowest BCUT2D eigenvalue weighted by Crippen LogP contribution is -2.15. The fourth-order valence-electron chi connectivity index (χ4n) is 2.80. The predicted molar refractivity (Wildman–Crippen MR) is 83.6 cm³/mol. The highest BCUT2D eigenvalue weighted by atomic mass is 16.1. The first kappa shape index (κ1) is 15.0. The van der Waals surface area contributed by atoms with Gasteiger partial charge in [-0.3, -0.25) is 4.79 Å². The average Bonchev–Trinajstić information content (AvgIpc) is 2.94. The van der Waals surface area contributed by atoms with Gasteiger partial charge in [0.2, 0.25) is 5.91 Å². The van der Waals surface area contributed by atoms with Crippen molar-refractivity contribution in [2.45, 2.75) is 52.0 Å². The summed E-state index contributed by atoms with van der Waals surface area (Å²) in [5, 5.41) is 6.38. The molecule has 1 aromatic carbocycles. The maximum Gasteiger partial charge on any atom is 0.224 e. The molecule has 1 amide bonds. The van der Waals surface area contributed by atoms with Crippen molar-refractivity contribution >= 4 is 11.6 Å². The average molecular weight is 274 g/mol. The summed E-state index contributed by atoms with van der Waals surface area (Å²) in [6.45, 7) is 4.10. The van der Waals surface area contributed by atoms with E-state index >= 15 is 0 Å². The second-order valence-electron chi connectivity index (χ2n) is 5.78. The highest BCUT2D eigenvalue weighted by molar-refractivity contribution is 5.90. The van der Waals surface area contributed by atoms with Crippen LogP contribution in [0.5, 0.6) is 0 Å². The first-order valence-corrected chi connectivity index (χ1v) is 7.87. The third-order valence-corrected chi connectivity index (χ3v) is 3.94. The molecule has 20 heavy (non-hydrogen) atoms. The van der Waals surface area contributed by atoms with E-state index in [2.05, 4.69) is 29.7 Å². The Balaban J connectivity index is 1.76. The van der Waals surface area contributed by atoms with E-state index in [4.69, 9.17) is 0 Å². The van der Waals surface area contributed by atoms with Crippen LogP contribution in [0.2, 0.25) is 0 Å². The molecule has 0 unspecified atom stereocenters. The van der Waals surface area contributed by atoms with Crippen molar-refractivity contribution in [2.24, 2.45) is 5.92 Å². The van der Waals surface area contributed by atoms with Crippen LogP contribution >= 0.6 is 0 Å². The van der Waals surface area contributed by atoms with Gasteiger partial charge in [0.1, 0.15) is 0 Å². The zero-order valence-electron chi connectivity index (χ0n) is 12.5. The van der Waals surface area contributed by atoms with Crippen LogP contribution < -0.4 is 10.6 Å². The van der Waals surface area contributed by atoms with Gasteiger partial charge >= 0.3 is 0 Å².